The highest BCUT2D eigenvalue weighted by Gasteiger charge is 2.51. The molecule has 0 aromatic heterocycles. The van der Waals surface area contributed by atoms with Crippen molar-refractivity contribution in [2.24, 2.45) is 5.92 Å². The van der Waals surface area contributed by atoms with Gasteiger partial charge >= 0.3 is 0 Å². The molecule has 0 radical (unpaired) electrons. The van der Waals surface area contributed by atoms with Crippen LogP contribution in [0.5, 0.6) is 0 Å². The van der Waals surface area contributed by atoms with Crippen molar-refractivity contribution in [3.63, 3.8) is 0 Å². The third-order valence-electron chi connectivity index (χ3n) is 4.47. The first-order chi connectivity index (χ1) is 11.1. The van der Waals surface area contributed by atoms with Crippen molar-refractivity contribution < 1.29 is 19.4 Å². The van der Waals surface area contributed by atoms with Crippen molar-refractivity contribution >= 4 is 27.3 Å². The van der Waals surface area contributed by atoms with E-state index in [1.165, 1.54) is 0 Å². The molecule has 1 fully saturated rings. The van der Waals surface area contributed by atoms with Gasteiger partial charge in [-0.05, 0) is 36.3 Å². The van der Waals surface area contributed by atoms with Gasteiger partial charge in [0.2, 0.25) is 0 Å². The molecule has 23 heavy (non-hydrogen) atoms. The molecule has 0 spiro atoms. The molecule has 0 saturated heterocycles. The lowest BCUT2D eigenvalue weighted by Gasteiger charge is -2.36. The third kappa shape index (κ3) is 3.01. The lowest BCUT2D eigenvalue weighted by Crippen LogP contribution is -2.40. The smallest absolute Gasteiger partial charge is 0.143 e. The first kappa shape index (κ1) is 16.4. The molecule has 0 bridgehead atoms. The number of ketones is 1. The zero-order valence-electron chi connectivity index (χ0n) is 12.9. The zero-order chi connectivity index (χ0) is 16.4. The lowest BCUT2D eigenvalue weighted by molar-refractivity contribution is -0.123. The molecule has 1 aromatic carbocycles. The molecular weight excluding hydrogens is 360 g/mol. The summed E-state index contributed by atoms with van der Waals surface area (Å²) in [6.45, 7) is 0.888. The summed E-state index contributed by atoms with van der Waals surface area (Å²) in [5.74, 6) is -0.222. The molecule has 4 nitrogen and oxygen atoms in total. The van der Waals surface area contributed by atoms with Crippen molar-refractivity contribution in [2.75, 3.05) is 20.3 Å². The number of carbonyl (C=O) groups is 1. The highest BCUT2D eigenvalue weighted by molar-refractivity contribution is 9.10. The Kier molecular flexibility index (Phi) is 4.71. The second-order valence-corrected chi connectivity index (χ2v) is 6.75. The summed E-state index contributed by atoms with van der Waals surface area (Å²) in [6, 6.07) is 7.61. The maximum absolute atomic E-state index is 12.5. The maximum Gasteiger partial charge on any atom is 0.143 e. The Morgan fingerprint density at radius 3 is 2.74 bits per heavy atom. The molecule has 2 unspecified atom stereocenters. The van der Waals surface area contributed by atoms with E-state index in [1.54, 1.807) is 13.2 Å². The van der Waals surface area contributed by atoms with E-state index in [2.05, 4.69) is 15.9 Å². The summed E-state index contributed by atoms with van der Waals surface area (Å²) in [4.78, 5) is 12.5. The molecule has 3 rings (SSSR count). The van der Waals surface area contributed by atoms with Gasteiger partial charge in [0, 0.05) is 23.6 Å². The van der Waals surface area contributed by atoms with Crippen LogP contribution in [0.1, 0.15) is 18.4 Å². The molecule has 122 valence electrons. The molecule has 2 aliphatic rings. The van der Waals surface area contributed by atoms with Gasteiger partial charge in [-0.2, -0.15) is 0 Å². The number of hydrogen-bond acceptors (Lipinski definition) is 4. The Hall–Kier alpha value is -1.43. The highest BCUT2D eigenvalue weighted by atomic mass is 79.9. The number of carbonyl (C=O) groups excluding carboxylic acids is 1. The van der Waals surface area contributed by atoms with Gasteiger partial charge in [-0.1, -0.05) is 28.1 Å². The van der Waals surface area contributed by atoms with Crippen LogP contribution < -0.4 is 0 Å². The number of halogens is 1. The van der Waals surface area contributed by atoms with Gasteiger partial charge in [0.05, 0.1) is 19.1 Å². The first-order valence-electron chi connectivity index (χ1n) is 7.61. The normalized spacial score (nSPS) is 26.7. The van der Waals surface area contributed by atoms with Gasteiger partial charge in [-0.25, -0.2) is 0 Å². The van der Waals surface area contributed by atoms with Gasteiger partial charge in [-0.3, -0.25) is 4.79 Å². The van der Waals surface area contributed by atoms with Crippen molar-refractivity contribution in [1.29, 1.82) is 0 Å². The van der Waals surface area contributed by atoms with Crippen LogP contribution in [-0.2, 0) is 14.3 Å². The quantitative estimate of drug-likeness (QED) is 0.794. The SMILES string of the molecule is COCCOC12C=CC(O)=C(c3ccc(Br)cc3)C1C(=O)CC2. The van der Waals surface area contributed by atoms with Crippen molar-refractivity contribution in [2.45, 2.75) is 18.4 Å². The molecule has 2 atom stereocenters. The topological polar surface area (TPSA) is 55.8 Å². The minimum atomic E-state index is -0.676. The van der Waals surface area contributed by atoms with E-state index < -0.39 is 11.5 Å². The molecule has 2 aliphatic carbocycles. The van der Waals surface area contributed by atoms with Crippen LogP contribution in [0.15, 0.2) is 46.6 Å². The number of fused-ring (bicyclic) bond motifs is 1. The van der Waals surface area contributed by atoms with Crippen LogP contribution in [0.4, 0.5) is 0 Å². The molecule has 1 aromatic rings. The second-order valence-electron chi connectivity index (χ2n) is 5.83. The predicted octanol–water partition coefficient (Wildman–Crippen LogP) is 3.67. The van der Waals surface area contributed by atoms with Gasteiger partial charge in [0.25, 0.3) is 0 Å². The third-order valence-corrected chi connectivity index (χ3v) is 5.00. The Morgan fingerprint density at radius 1 is 1.30 bits per heavy atom. The standard InChI is InChI=1S/C18H19BrO4/c1-22-10-11-23-18-8-6-14(20)16(17(18)15(21)7-9-18)12-2-4-13(19)5-3-12/h2-6,8,17,20H,7,9-11H2,1H3. The first-order valence-corrected chi connectivity index (χ1v) is 8.40. The molecule has 1 N–H and O–H groups in total. The van der Waals surface area contributed by atoms with Crippen LogP contribution >= 0.6 is 15.9 Å². The van der Waals surface area contributed by atoms with E-state index in [0.717, 1.165) is 10.0 Å². The number of benzene rings is 1. The number of methoxy groups -OCH3 is 1. The number of ether oxygens (including phenoxy) is 2. The predicted molar refractivity (Wildman–Crippen MR) is 91.1 cm³/mol. The number of aliphatic hydroxyl groups is 1. The fraction of sp³-hybridized carbons (Fsp3) is 0.389. The van der Waals surface area contributed by atoms with E-state index in [9.17, 15) is 9.90 Å². The molecule has 5 heteroatoms. The van der Waals surface area contributed by atoms with Crippen LogP contribution in [0.2, 0.25) is 0 Å². The Labute approximate surface area is 143 Å². The Morgan fingerprint density at radius 2 is 2.04 bits per heavy atom. The number of hydrogen-bond donors (Lipinski definition) is 1. The van der Waals surface area contributed by atoms with Gasteiger partial charge in [0.1, 0.15) is 17.1 Å². The van der Waals surface area contributed by atoms with Gasteiger partial charge in [0.15, 0.2) is 0 Å². The number of allylic oxidation sites excluding steroid dienone is 1. The fourth-order valence-corrected chi connectivity index (χ4v) is 3.65. The average Bonchev–Trinajstić information content (AvgIpc) is 2.87. The monoisotopic (exact) mass is 378 g/mol. The summed E-state index contributed by atoms with van der Waals surface area (Å²) in [6.07, 6.45) is 4.56. The van der Waals surface area contributed by atoms with E-state index in [1.807, 2.05) is 30.3 Å². The minimum Gasteiger partial charge on any atom is -0.508 e. The second kappa shape index (κ2) is 6.59. The van der Waals surface area contributed by atoms with Gasteiger partial charge in [-0.15, -0.1) is 0 Å². The van der Waals surface area contributed by atoms with E-state index in [4.69, 9.17) is 9.47 Å². The molecular formula is C18H19BrO4. The number of aliphatic hydroxyl groups excluding tert-OH is 1. The largest absolute Gasteiger partial charge is 0.508 e. The lowest BCUT2D eigenvalue weighted by atomic mass is 9.77. The summed E-state index contributed by atoms with van der Waals surface area (Å²) in [5.41, 5.74) is 0.819. The number of Topliss-reactive ketones (excluding diaryl/α,β-unsaturated/α-hetero) is 1. The van der Waals surface area contributed by atoms with Crippen molar-refractivity contribution in [3.8, 4) is 0 Å². The summed E-state index contributed by atoms with van der Waals surface area (Å²) < 4.78 is 12.0. The van der Waals surface area contributed by atoms with Gasteiger partial charge < -0.3 is 14.6 Å². The summed E-state index contributed by atoms with van der Waals surface area (Å²) in [7, 11) is 1.62. The van der Waals surface area contributed by atoms with Crippen LogP contribution in [0.25, 0.3) is 5.57 Å². The average molecular weight is 379 g/mol. The highest BCUT2D eigenvalue weighted by Crippen LogP contribution is 2.48. The number of rotatable bonds is 5. The van der Waals surface area contributed by atoms with Crippen LogP contribution in [0, 0.1) is 5.92 Å². The van der Waals surface area contributed by atoms with E-state index >= 15 is 0 Å². The Balaban J connectivity index is 1.99. The summed E-state index contributed by atoms with van der Waals surface area (Å²) >= 11 is 3.41. The zero-order valence-corrected chi connectivity index (χ0v) is 14.5. The van der Waals surface area contributed by atoms with Crippen molar-refractivity contribution in [1.82, 2.24) is 0 Å². The molecule has 1 saturated carbocycles. The Bertz CT molecular complexity index is 662. The molecule has 0 heterocycles. The van der Waals surface area contributed by atoms with Crippen LogP contribution in [-0.4, -0.2) is 36.8 Å². The fourth-order valence-electron chi connectivity index (χ4n) is 3.38. The van der Waals surface area contributed by atoms with E-state index in [0.29, 0.717) is 31.6 Å². The van der Waals surface area contributed by atoms with E-state index in [-0.39, 0.29) is 11.5 Å². The maximum atomic E-state index is 12.5. The van der Waals surface area contributed by atoms with Crippen LogP contribution in [0.3, 0.4) is 0 Å². The molecule has 0 amide bonds. The summed E-state index contributed by atoms with van der Waals surface area (Å²) in [5, 5.41) is 10.4. The van der Waals surface area contributed by atoms with Crippen molar-refractivity contribution in [3.05, 3.63) is 52.2 Å². The molecule has 0 aliphatic heterocycles. The minimum absolute atomic E-state index is 0.108.